The maximum Gasteiger partial charge on any atom is 0.416 e. The van der Waals surface area contributed by atoms with Gasteiger partial charge in [-0.3, -0.25) is 14.7 Å². The number of pyridine rings is 1. The van der Waals surface area contributed by atoms with Gasteiger partial charge in [-0.05, 0) is 67.7 Å². The van der Waals surface area contributed by atoms with Crippen LogP contribution in [0.1, 0.15) is 47.2 Å². The molecule has 0 radical (unpaired) electrons. The second kappa shape index (κ2) is 9.45. The van der Waals surface area contributed by atoms with Gasteiger partial charge in [0.1, 0.15) is 0 Å². The van der Waals surface area contributed by atoms with Crippen LogP contribution in [0.3, 0.4) is 0 Å². The molecule has 184 valence electrons. The van der Waals surface area contributed by atoms with Gasteiger partial charge in [0.15, 0.2) is 0 Å². The van der Waals surface area contributed by atoms with Crippen molar-refractivity contribution in [3.8, 4) is 5.69 Å². The Balaban J connectivity index is 1.39. The highest BCUT2D eigenvalue weighted by Gasteiger charge is 2.41. The molecule has 3 atom stereocenters. The number of amides is 1. The van der Waals surface area contributed by atoms with Crippen molar-refractivity contribution in [2.24, 2.45) is 5.92 Å². The molecule has 1 amide bonds. The zero-order valence-corrected chi connectivity index (χ0v) is 19.5. The van der Waals surface area contributed by atoms with Gasteiger partial charge in [0.05, 0.1) is 23.0 Å². The third-order valence-corrected chi connectivity index (χ3v) is 7.17. The van der Waals surface area contributed by atoms with Crippen LogP contribution in [0, 0.1) is 5.92 Å². The van der Waals surface area contributed by atoms with E-state index in [9.17, 15) is 18.0 Å². The van der Waals surface area contributed by atoms with Gasteiger partial charge in [0.2, 0.25) is 0 Å². The van der Waals surface area contributed by atoms with E-state index in [1.807, 2.05) is 17.0 Å². The molecule has 3 aromatic rings. The molecule has 0 spiro atoms. The fraction of sp³-hybridized carbons (Fsp3) is 0.423. The van der Waals surface area contributed by atoms with Gasteiger partial charge < -0.3 is 4.90 Å². The van der Waals surface area contributed by atoms with Crippen LogP contribution in [0.2, 0.25) is 0 Å². The number of aromatic nitrogens is 3. The lowest BCUT2D eigenvalue weighted by Crippen LogP contribution is -2.55. The summed E-state index contributed by atoms with van der Waals surface area (Å²) in [5.41, 5.74) is 1.04. The first-order chi connectivity index (χ1) is 16.8. The minimum atomic E-state index is -4.44. The number of nitrogens with zero attached hydrogens (tertiary/aromatic N) is 5. The molecule has 0 bridgehead atoms. The lowest BCUT2D eigenvalue weighted by Gasteiger charge is -2.46. The molecule has 35 heavy (non-hydrogen) atoms. The number of piperidine rings is 1. The Labute approximate surface area is 202 Å². The molecular weight excluding hydrogens is 455 g/mol. The molecule has 9 heteroatoms. The Bertz CT molecular complexity index is 1170. The van der Waals surface area contributed by atoms with Crippen molar-refractivity contribution in [3.05, 3.63) is 77.9 Å². The van der Waals surface area contributed by atoms with Gasteiger partial charge in [-0.2, -0.15) is 18.3 Å². The van der Waals surface area contributed by atoms with Crippen molar-refractivity contribution >= 4 is 5.91 Å². The smallest absolute Gasteiger partial charge is 0.338 e. The second-order valence-electron chi connectivity index (χ2n) is 9.53. The van der Waals surface area contributed by atoms with Gasteiger partial charge in [-0.15, -0.1) is 0 Å². The Kier molecular flexibility index (Phi) is 6.35. The Morgan fingerprint density at radius 1 is 1.06 bits per heavy atom. The maximum atomic E-state index is 13.5. The number of rotatable bonds is 4. The van der Waals surface area contributed by atoms with Crippen molar-refractivity contribution in [1.29, 1.82) is 0 Å². The van der Waals surface area contributed by atoms with Crippen LogP contribution in [-0.4, -0.2) is 62.7 Å². The standard InChI is InChI=1S/C26H28F3N5O/c1-18-15-33(17-23(19-7-9-30-10-8-19)24(18)32-11-2-3-12-32)25(35)20-14-31-34(16-20)22-6-4-5-21(13-22)26(27,28)29/h4-10,13-14,16,18,23-24H,2-3,11-12,15,17H2,1H3. The molecular formula is C26H28F3N5O. The minimum absolute atomic E-state index is 0.155. The molecule has 0 aliphatic carbocycles. The zero-order chi connectivity index (χ0) is 24.6. The highest BCUT2D eigenvalue weighted by Crippen LogP contribution is 2.36. The zero-order valence-electron chi connectivity index (χ0n) is 19.5. The second-order valence-corrected chi connectivity index (χ2v) is 9.53. The molecule has 2 saturated heterocycles. The van der Waals surface area contributed by atoms with E-state index in [4.69, 9.17) is 0 Å². The van der Waals surface area contributed by atoms with Crippen LogP contribution in [0.15, 0.2) is 61.2 Å². The summed E-state index contributed by atoms with van der Waals surface area (Å²) in [5.74, 6) is 0.263. The maximum absolute atomic E-state index is 13.5. The van der Waals surface area contributed by atoms with Gasteiger partial charge in [0, 0.05) is 43.6 Å². The molecule has 2 aromatic heterocycles. The third kappa shape index (κ3) is 4.82. The number of carbonyl (C=O) groups is 1. The normalized spacial score (nSPS) is 23.5. The van der Waals surface area contributed by atoms with Crippen molar-refractivity contribution < 1.29 is 18.0 Å². The quantitative estimate of drug-likeness (QED) is 0.543. The molecule has 6 nitrogen and oxygen atoms in total. The Hall–Kier alpha value is -3.20. The Morgan fingerprint density at radius 3 is 2.51 bits per heavy atom. The van der Waals surface area contributed by atoms with E-state index in [1.54, 1.807) is 18.5 Å². The highest BCUT2D eigenvalue weighted by molar-refractivity contribution is 5.94. The number of halogens is 3. The molecule has 0 saturated carbocycles. The summed E-state index contributed by atoms with van der Waals surface area (Å²) < 4.78 is 40.7. The fourth-order valence-corrected chi connectivity index (χ4v) is 5.59. The SMILES string of the molecule is CC1CN(C(=O)c2cnn(-c3cccc(C(F)(F)F)c3)c2)CC(c2ccncc2)C1N1CCCC1. The van der Waals surface area contributed by atoms with Crippen LogP contribution in [0.4, 0.5) is 13.2 Å². The summed E-state index contributed by atoms with van der Waals surface area (Å²) in [4.78, 5) is 22.1. The molecule has 2 aliphatic heterocycles. The predicted octanol–water partition coefficient (Wildman–Crippen LogP) is 4.63. The number of benzene rings is 1. The summed E-state index contributed by atoms with van der Waals surface area (Å²) in [5, 5.41) is 4.19. The molecule has 5 rings (SSSR count). The summed E-state index contributed by atoms with van der Waals surface area (Å²) in [6, 6.07) is 9.33. The fourth-order valence-electron chi connectivity index (χ4n) is 5.59. The lowest BCUT2D eigenvalue weighted by molar-refractivity contribution is -0.137. The molecule has 4 heterocycles. The van der Waals surface area contributed by atoms with Gasteiger partial charge in [0.25, 0.3) is 5.91 Å². The number of likely N-dealkylation sites (tertiary alicyclic amines) is 2. The predicted molar refractivity (Wildman–Crippen MR) is 125 cm³/mol. The monoisotopic (exact) mass is 483 g/mol. The van der Waals surface area contributed by atoms with E-state index in [0.29, 0.717) is 24.7 Å². The van der Waals surface area contributed by atoms with E-state index >= 15 is 0 Å². The van der Waals surface area contributed by atoms with E-state index in [0.717, 1.165) is 25.2 Å². The lowest BCUT2D eigenvalue weighted by atomic mass is 9.79. The van der Waals surface area contributed by atoms with Crippen LogP contribution in [-0.2, 0) is 6.18 Å². The molecule has 1 aromatic carbocycles. The molecule has 2 aliphatic rings. The van der Waals surface area contributed by atoms with Crippen molar-refractivity contribution in [2.75, 3.05) is 26.2 Å². The number of alkyl halides is 3. The number of hydrogen-bond acceptors (Lipinski definition) is 4. The van der Waals surface area contributed by atoms with E-state index < -0.39 is 11.7 Å². The minimum Gasteiger partial charge on any atom is -0.338 e. The van der Waals surface area contributed by atoms with E-state index in [1.165, 1.54) is 41.5 Å². The van der Waals surface area contributed by atoms with Crippen LogP contribution >= 0.6 is 0 Å². The Morgan fingerprint density at radius 2 is 1.80 bits per heavy atom. The van der Waals surface area contributed by atoms with E-state index in [2.05, 4.69) is 21.9 Å². The largest absolute Gasteiger partial charge is 0.416 e. The van der Waals surface area contributed by atoms with Gasteiger partial charge >= 0.3 is 6.18 Å². The van der Waals surface area contributed by atoms with E-state index in [-0.39, 0.29) is 23.4 Å². The van der Waals surface area contributed by atoms with Crippen LogP contribution < -0.4 is 0 Å². The van der Waals surface area contributed by atoms with Gasteiger partial charge in [-0.25, -0.2) is 4.68 Å². The van der Waals surface area contributed by atoms with Crippen LogP contribution in [0.25, 0.3) is 5.69 Å². The number of carbonyl (C=O) groups excluding carboxylic acids is 1. The average Bonchev–Trinajstić information content (AvgIpc) is 3.56. The van der Waals surface area contributed by atoms with Crippen molar-refractivity contribution in [3.63, 3.8) is 0 Å². The topological polar surface area (TPSA) is 54.3 Å². The molecule has 0 N–H and O–H groups in total. The summed E-state index contributed by atoms with van der Waals surface area (Å²) in [7, 11) is 0. The summed E-state index contributed by atoms with van der Waals surface area (Å²) >= 11 is 0. The number of hydrogen-bond donors (Lipinski definition) is 0. The average molecular weight is 484 g/mol. The molecule has 2 fully saturated rings. The molecule has 3 unspecified atom stereocenters. The summed E-state index contributed by atoms with van der Waals surface area (Å²) in [6.45, 7) is 5.55. The van der Waals surface area contributed by atoms with Gasteiger partial charge in [-0.1, -0.05) is 13.0 Å². The highest BCUT2D eigenvalue weighted by atomic mass is 19.4. The van der Waals surface area contributed by atoms with Crippen molar-refractivity contribution in [2.45, 2.75) is 37.9 Å². The summed E-state index contributed by atoms with van der Waals surface area (Å²) in [6.07, 6.45) is 4.48. The third-order valence-electron chi connectivity index (χ3n) is 7.17. The first kappa shape index (κ1) is 23.5. The van der Waals surface area contributed by atoms with Crippen molar-refractivity contribution in [1.82, 2.24) is 24.6 Å². The first-order valence-electron chi connectivity index (χ1n) is 12.0. The first-order valence-corrected chi connectivity index (χ1v) is 12.0. The van der Waals surface area contributed by atoms with Crippen LogP contribution in [0.5, 0.6) is 0 Å².